The Morgan fingerprint density at radius 2 is 1.57 bits per heavy atom. The Hall–Kier alpha value is -0.0800. The lowest BCUT2D eigenvalue weighted by Gasteiger charge is -2.38. The van der Waals surface area contributed by atoms with E-state index in [9.17, 15) is 0 Å². The normalized spacial score (nSPS) is 25.4. The molecule has 126 valence electrons. The molecule has 0 aromatic rings. The van der Waals surface area contributed by atoms with E-state index in [4.69, 9.17) is 4.74 Å². The van der Waals surface area contributed by atoms with E-state index in [1.807, 2.05) is 0 Å². The van der Waals surface area contributed by atoms with Crippen LogP contribution < -0.4 is 5.32 Å². The molecule has 0 radical (unpaired) electrons. The second kappa shape index (κ2) is 7.97. The van der Waals surface area contributed by atoms with Crippen LogP contribution in [-0.4, -0.2) is 23.8 Å². The van der Waals surface area contributed by atoms with Gasteiger partial charge in [-0.25, -0.2) is 0 Å². The van der Waals surface area contributed by atoms with E-state index >= 15 is 0 Å². The highest BCUT2D eigenvalue weighted by Crippen LogP contribution is 2.45. The van der Waals surface area contributed by atoms with E-state index in [1.54, 1.807) is 0 Å². The molecular weight excluding hydrogens is 258 g/mol. The number of hydrogen-bond donors (Lipinski definition) is 1. The third-order valence-electron chi connectivity index (χ3n) is 5.03. The first-order valence-electron chi connectivity index (χ1n) is 9.21. The van der Waals surface area contributed by atoms with Crippen LogP contribution in [0.4, 0.5) is 0 Å². The maximum atomic E-state index is 6.38. The summed E-state index contributed by atoms with van der Waals surface area (Å²) >= 11 is 0. The lowest BCUT2D eigenvalue weighted by Crippen LogP contribution is -2.48. The predicted molar refractivity (Wildman–Crippen MR) is 92.7 cm³/mol. The molecule has 0 aromatic carbocycles. The van der Waals surface area contributed by atoms with Gasteiger partial charge in [0.15, 0.2) is 0 Å². The molecule has 2 heteroatoms. The van der Waals surface area contributed by atoms with Gasteiger partial charge in [0.25, 0.3) is 0 Å². The summed E-state index contributed by atoms with van der Waals surface area (Å²) in [6.07, 6.45) is 7.62. The quantitative estimate of drug-likeness (QED) is 0.634. The summed E-state index contributed by atoms with van der Waals surface area (Å²) in [4.78, 5) is 0. The topological polar surface area (TPSA) is 21.3 Å². The zero-order valence-corrected chi connectivity index (χ0v) is 15.6. The molecule has 1 heterocycles. The fourth-order valence-corrected chi connectivity index (χ4v) is 4.36. The summed E-state index contributed by atoms with van der Waals surface area (Å²) in [7, 11) is 0. The zero-order valence-electron chi connectivity index (χ0n) is 15.6. The molecule has 1 rings (SSSR count). The Kier molecular flexibility index (Phi) is 7.19. The van der Waals surface area contributed by atoms with E-state index < -0.39 is 0 Å². The first-order chi connectivity index (χ1) is 9.77. The molecule has 0 spiro atoms. The van der Waals surface area contributed by atoms with Crippen molar-refractivity contribution in [2.24, 2.45) is 11.8 Å². The van der Waals surface area contributed by atoms with Crippen LogP contribution in [0.2, 0.25) is 0 Å². The van der Waals surface area contributed by atoms with Gasteiger partial charge in [0.05, 0.1) is 11.2 Å². The van der Waals surface area contributed by atoms with Gasteiger partial charge in [0.1, 0.15) is 0 Å². The second-order valence-corrected chi connectivity index (χ2v) is 8.09. The average molecular weight is 298 g/mol. The summed E-state index contributed by atoms with van der Waals surface area (Å²) < 4.78 is 6.38. The van der Waals surface area contributed by atoms with Crippen LogP contribution in [0.3, 0.4) is 0 Å². The van der Waals surface area contributed by atoms with E-state index in [2.05, 4.69) is 53.8 Å². The third kappa shape index (κ3) is 5.25. The smallest absolute Gasteiger partial charge is 0.0677 e. The second-order valence-electron chi connectivity index (χ2n) is 8.09. The van der Waals surface area contributed by atoms with Gasteiger partial charge >= 0.3 is 0 Å². The number of hydrogen-bond acceptors (Lipinski definition) is 2. The molecule has 1 N–H and O–H groups in total. The molecule has 1 saturated heterocycles. The standard InChI is InChI=1S/C19H39NO/c1-8-11-15(12-9-2)17(20-13-10-3)16-14-18(4,5)21-19(16,6)7/h15-17,20H,8-14H2,1-7H3. The van der Waals surface area contributed by atoms with Crippen molar-refractivity contribution in [1.82, 2.24) is 5.32 Å². The maximum absolute atomic E-state index is 6.38. The van der Waals surface area contributed by atoms with Crippen molar-refractivity contribution in [3.63, 3.8) is 0 Å². The molecule has 2 nitrogen and oxygen atoms in total. The van der Waals surface area contributed by atoms with E-state index in [0.717, 1.165) is 12.5 Å². The molecule has 2 unspecified atom stereocenters. The summed E-state index contributed by atoms with van der Waals surface area (Å²) in [6, 6.07) is 0.599. The van der Waals surface area contributed by atoms with E-state index in [0.29, 0.717) is 12.0 Å². The minimum absolute atomic E-state index is 0.0172. The predicted octanol–water partition coefficient (Wildman–Crippen LogP) is 5.16. The molecule has 0 aromatic heterocycles. The Morgan fingerprint density at radius 3 is 1.95 bits per heavy atom. The maximum Gasteiger partial charge on any atom is 0.0677 e. The highest BCUT2D eigenvalue weighted by Gasteiger charge is 2.50. The SMILES string of the molecule is CCCNC(C(CCC)CCC)C1CC(C)(C)OC1(C)C. The fourth-order valence-electron chi connectivity index (χ4n) is 4.36. The van der Waals surface area contributed by atoms with Crippen LogP contribution in [0.1, 0.15) is 87.0 Å². The van der Waals surface area contributed by atoms with Gasteiger partial charge in [0.2, 0.25) is 0 Å². The number of nitrogens with one attached hydrogen (secondary N) is 1. The van der Waals surface area contributed by atoms with Crippen LogP contribution in [-0.2, 0) is 4.74 Å². The minimum Gasteiger partial charge on any atom is -0.369 e. The van der Waals surface area contributed by atoms with Crippen LogP contribution in [0.15, 0.2) is 0 Å². The fraction of sp³-hybridized carbons (Fsp3) is 1.00. The van der Waals surface area contributed by atoms with Gasteiger partial charge in [-0.3, -0.25) is 0 Å². The Labute approximate surface area is 133 Å². The van der Waals surface area contributed by atoms with Gasteiger partial charge in [-0.15, -0.1) is 0 Å². The first kappa shape index (κ1) is 19.0. The molecule has 0 aliphatic carbocycles. The molecule has 1 aliphatic rings. The Morgan fingerprint density at radius 1 is 1.00 bits per heavy atom. The molecule has 2 atom stereocenters. The molecule has 0 bridgehead atoms. The van der Waals surface area contributed by atoms with Crippen molar-refractivity contribution >= 4 is 0 Å². The van der Waals surface area contributed by atoms with Gasteiger partial charge < -0.3 is 10.1 Å². The summed E-state index contributed by atoms with van der Waals surface area (Å²) in [6.45, 7) is 17.1. The van der Waals surface area contributed by atoms with Crippen LogP contribution in [0.5, 0.6) is 0 Å². The van der Waals surface area contributed by atoms with Crippen molar-refractivity contribution < 1.29 is 4.74 Å². The van der Waals surface area contributed by atoms with Crippen LogP contribution in [0, 0.1) is 11.8 Å². The van der Waals surface area contributed by atoms with Gasteiger partial charge in [-0.2, -0.15) is 0 Å². The molecule has 1 fully saturated rings. The van der Waals surface area contributed by atoms with Crippen molar-refractivity contribution in [2.45, 2.75) is 104 Å². The molecule has 0 saturated carbocycles. The van der Waals surface area contributed by atoms with Crippen LogP contribution >= 0.6 is 0 Å². The molecule has 21 heavy (non-hydrogen) atoms. The van der Waals surface area contributed by atoms with Crippen molar-refractivity contribution in [1.29, 1.82) is 0 Å². The van der Waals surface area contributed by atoms with E-state index in [-0.39, 0.29) is 11.2 Å². The third-order valence-corrected chi connectivity index (χ3v) is 5.03. The first-order valence-corrected chi connectivity index (χ1v) is 9.21. The lowest BCUT2D eigenvalue weighted by molar-refractivity contribution is -0.0799. The highest BCUT2D eigenvalue weighted by molar-refractivity contribution is 5.01. The molecule has 1 aliphatic heterocycles. The van der Waals surface area contributed by atoms with Gasteiger partial charge in [-0.1, -0.05) is 33.6 Å². The zero-order chi connectivity index (χ0) is 16.1. The minimum atomic E-state index is -0.0192. The van der Waals surface area contributed by atoms with Crippen molar-refractivity contribution in [2.75, 3.05) is 6.54 Å². The van der Waals surface area contributed by atoms with Crippen molar-refractivity contribution in [3.05, 3.63) is 0 Å². The van der Waals surface area contributed by atoms with Gasteiger partial charge in [0, 0.05) is 12.0 Å². The summed E-state index contributed by atoms with van der Waals surface area (Å²) in [5, 5.41) is 3.89. The molecule has 0 amide bonds. The van der Waals surface area contributed by atoms with Crippen molar-refractivity contribution in [3.8, 4) is 0 Å². The average Bonchev–Trinajstić information content (AvgIpc) is 2.58. The Bertz CT molecular complexity index is 292. The summed E-state index contributed by atoms with van der Waals surface area (Å²) in [5.41, 5.74) is -0.00205. The van der Waals surface area contributed by atoms with Crippen LogP contribution in [0.25, 0.3) is 0 Å². The van der Waals surface area contributed by atoms with E-state index in [1.165, 1.54) is 38.5 Å². The number of rotatable bonds is 9. The number of ether oxygens (including phenoxy) is 1. The largest absolute Gasteiger partial charge is 0.369 e. The monoisotopic (exact) mass is 297 g/mol. The lowest BCUT2D eigenvalue weighted by atomic mass is 9.74. The Balaban J connectivity index is 2.94. The highest BCUT2D eigenvalue weighted by atomic mass is 16.5. The summed E-state index contributed by atoms with van der Waals surface area (Å²) in [5.74, 6) is 1.40. The van der Waals surface area contributed by atoms with Gasteiger partial charge in [-0.05, 0) is 65.8 Å². The molecular formula is C19H39NO.